The van der Waals surface area contributed by atoms with Crippen LogP contribution in [0.2, 0.25) is 5.15 Å². The zero-order chi connectivity index (χ0) is 13.7. The number of nitrogens with two attached hydrogens (primary N) is 1. The molecule has 0 aliphatic heterocycles. The van der Waals surface area contributed by atoms with Gasteiger partial charge in [-0.3, -0.25) is 14.9 Å². The van der Waals surface area contributed by atoms with Gasteiger partial charge in [0, 0.05) is 6.07 Å². The van der Waals surface area contributed by atoms with Crippen LogP contribution < -0.4 is 5.73 Å². The van der Waals surface area contributed by atoms with E-state index in [2.05, 4.69) is 21.6 Å². The standard InChI is InChI=1S/C10H8ClN3O4/c1-18-8(15)4-2-3-6-5-7(14(16)17)10(12)13-9(6)11/h5H,4H2,1H3,(H2,12,13). The minimum absolute atomic E-state index is 0.0598. The van der Waals surface area contributed by atoms with Gasteiger partial charge in [-0.2, -0.15) is 0 Å². The molecule has 0 amide bonds. The highest BCUT2D eigenvalue weighted by molar-refractivity contribution is 6.30. The minimum atomic E-state index is -0.690. The van der Waals surface area contributed by atoms with E-state index in [1.54, 1.807) is 0 Å². The Morgan fingerprint density at radius 2 is 2.39 bits per heavy atom. The van der Waals surface area contributed by atoms with Gasteiger partial charge in [0.15, 0.2) is 0 Å². The van der Waals surface area contributed by atoms with Crippen LogP contribution in [0.3, 0.4) is 0 Å². The predicted molar refractivity (Wildman–Crippen MR) is 63.8 cm³/mol. The fourth-order valence-corrected chi connectivity index (χ4v) is 1.20. The van der Waals surface area contributed by atoms with Gasteiger partial charge in [0.2, 0.25) is 5.82 Å². The summed E-state index contributed by atoms with van der Waals surface area (Å²) >= 11 is 5.72. The first kappa shape index (κ1) is 13.7. The van der Waals surface area contributed by atoms with E-state index < -0.39 is 10.9 Å². The average molecular weight is 270 g/mol. The zero-order valence-electron chi connectivity index (χ0n) is 9.27. The van der Waals surface area contributed by atoms with Crippen molar-refractivity contribution in [3.63, 3.8) is 0 Å². The summed E-state index contributed by atoms with van der Waals surface area (Å²) in [4.78, 5) is 24.4. The van der Waals surface area contributed by atoms with Crippen LogP contribution in [-0.2, 0) is 9.53 Å². The fourth-order valence-electron chi connectivity index (χ4n) is 1.01. The lowest BCUT2D eigenvalue weighted by molar-refractivity contribution is -0.384. The molecule has 0 aliphatic rings. The second-order valence-electron chi connectivity index (χ2n) is 3.04. The number of nitrogen functional groups attached to an aromatic ring is 1. The van der Waals surface area contributed by atoms with Crippen molar-refractivity contribution in [2.24, 2.45) is 0 Å². The second kappa shape index (κ2) is 5.84. The molecule has 1 aromatic rings. The number of halogens is 1. The van der Waals surface area contributed by atoms with Crippen molar-refractivity contribution in [2.75, 3.05) is 12.8 Å². The molecule has 0 aromatic carbocycles. The van der Waals surface area contributed by atoms with E-state index in [9.17, 15) is 14.9 Å². The fraction of sp³-hybridized carbons (Fsp3) is 0.200. The molecule has 0 aliphatic carbocycles. The van der Waals surface area contributed by atoms with Gasteiger partial charge in [0.1, 0.15) is 11.6 Å². The Kier molecular flexibility index (Phi) is 4.45. The molecular weight excluding hydrogens is 262 g/mol. The molecule has 0 unspecified atom stereocenters. The van der Waals surface area contributed by atoms with Crippen molar-refractivity contribution >= 4 is 29.1 Å². The highest BCUT2D eigenvalue weighted by Crippen LogP contribution is 2.24. The summed E-state index contributed by atoms with van der Waals surface area (Å²) in [5, 5.41) is 10.6. The Labute approximate surface area is 107 Å². The molecule has 0 radical (unpaired) electrons. The molecule has 1 rings (SSSR count). The largest absolute Gasteiger partial charge is 0.468 e. The van der Waals surface area contributed by atoms with E-state index in [0.29, 0.717) is 0 Å². The van der Waals surface area contributed by atoms with E-state index in [-0.39, 0.29) is 28.6 Å². The SMILES string of the molecule is COC(=O)CC#Cc1cc([N+](=O)[O-])c(N)nc1Cl. The molecule has 0 bridgehead atoms. The third kappa shape index (κ3) is 3.33. The van der Waals surface area contributed by atoms with Crippen LogP contribution in [0.5, 0.6) is 0 Å². The van der Waals surface area contributed by atoms with E-state index in [4.69, 9.17) is 17.3 Å². The predicted octanol–water partition coefficient (Wildman–Crippen LogP) is 1.14. The maximum atomic E-state index is 10.8. The Morgan fingerprint density at radius 3 is 2.94 bits per heavy atom. The van der Waals surface area contributed by atoms with Crippen LogP contribution >= 0.6 is 11.6 Å². The van der Waals surface area contributed by atoms with Gasteiger partial charge in [0.05, 0.1) is 17.6 Å². The maximum absolute atomic E-state index is 10.8. The summed E-state index contributed by atoms with van der Waals surface area (Å²) in [6.45, 7) is 0. The van der Waals surface area contributed by atoms with Gasteiger partial charge in [-0.15, -0.1) is 0 Å². The van der Waals surface area contributed by atoms with Crippen molar-refractivity contribution < 1.29 is 14.5 Å². The Hall–Kier alpha value is -2.33. The zero-order valence-corrected chi connectivity index (χ0v) is 10.0. The highest BCUT2D eigenvalue weighted by Gasteiger charge is 2.16. The molecule has 0 atom stereocenters. The number of carbonyl (C=O) groups excluding carboxylic acids is 1. The number of ether oxygens (including phenoxy) is 1. The first-order chi connectivity index (χ1) is 8.45. The van der Waals surface area contributed by atoms with Crippen LogP contribution in [0.1, 0.15) is 12.0 Å². The van der Waals surface area contributed by atoms with Crippen molar-refractivity contribution in [2.45, 2.75) is 6.42 Å². The van der Waals surface area contributed by atoms with E-state index in [0.717, 1.165) is 6.07 Å². The molecule has 0 saturated carbocycles. The average Bonchev–Trinajstić information content (AvgIpc) is 2.31. The summed E-state index contributed by atoms with van der Waals surface area (Å²) in [6.07, 6.45) is -0.148. The minimum Gasteiger partial charge on any atom is -0.468 e. The molecule has 0 fully saturated rings. The van der Waals surface area contributed by atoms with E-state index >= 15 is 0 Å². The van der Waals surface area contributed by atoms with Gasteiger partial charge in [-0.25, -0.2) is 4.98 Å². The lowest BCUT2D eigenvalue weighted by Gasteiger charge is -1.99. The molecular formula is C10H8ClN3O4. The molecule has 1 heterocycles. The summed E-state index contributed by atoms with van der Waals surface area (Å²) < 4.78 is 4.38. The topological polar surface area (TPSA) is 108 Å². The maximum Gasteiger partial charge on any atom is 0.317 e. The van der Waals surface area contributed by atoms with Crippen molar-refractivity contribution in [3.8, 4) is 11.8 Å². The summed E-state index contributed by atoms with van der Waals surface area (Å²) in [7, 11) is 1.23. The van der Waals surface area contributed by atoms with E-state index in [1.165, 1.54) is 7.11 Å². The molecule has 2 N–H and O–H groups in total. The number of anilines is 1. The third-order valence-electron chi connectivity index (χ3n) is 1.86. The molecule has 8 heteroatoms. The Balaban J connectivity index is 3.06. The normalized spacial score (nSPS) is 9.22. The Morgan fingerprint density at radius 1 is 1.72 bits per heavy atom. The number of nitro groups is 1. The lowest BCUT2D eigenvalue weighted by atomic mass is 10.2. The summed E-state index contributed by atoms with van der Waals surface area (Å²) in [5.74, 6) is 4.16. The number of carbonyl (C=O) groups is 1. The van der Waals surface area contributed by atoms with Crippen molar-refractivity contribution in [3.05, 3.63) is 26.9 Å². The number of hydrogen-bond acceptors (Lipinski definition) is 6. The number of pyridine rings is 1. The molecule has 0 saturated heterocycles. The molecule has 7 nitrogen and oxygen atoms in total. The molecule has 94 valence electrons. The van der Waals surface area contributed by atoms with Gasteiger partial charge in [-0.1, -0.05) is 23.4 Å². The van der Waals surface area contributed by atoms with Crippen molar-refractivity contribution in [1.82, 2.24) is 4.98 Å². The quantitative estimate of drug-likeness (QED) is 0.283. The molecule has 1 aromatic heterocycles. The van der Waals surface area contributed by atoms with Crippen LogP contribution in [0, 0.1) is 22.0 Å². The Bertz CT molecular complexity index is 562. The molecule has 0 spiro atoms. The second-order valence-corrected chi connectivity index (χ2v) is 3.40. The number of nitrogens with zero attached hydrogens (tertiary/aromatic N) is 2. The number of methoxy groups -OCH3 is 1. The summed E-state index contributed by atoms with van der Waals surface area (Å²) in [5.41, 5.74) is 5.07. The van der Waals surface area contributed by atoms with Crippen LogP contribution in [0.25, 0.3) is 0 Å². The van der Waals surface area contributed by atoms with Crippen molar-refractivity contribution in [1.29, 1.82) is 0 Å². The number of aromatic nitrogens is 1. The first-order valence-electron chi connectivity index (χ1n) is 4.61. The van der Waals surface area contributed by atoms with Gasteiger partial charge in [0.25, 0.3) is 0 Å². The van der Waals surface area contributed by atoms with Gasteiger partial charge >= 0.3 is 11.7 Å². The number of rotatable bonds is 2. The summed E-state index contributed by atoms with van der Waals surface area (Å²) in [6, 6.07) is 1.11. The van der Waals surface area contributed by atoms with Crippen LogP contribution in [-0.4, -0.2) is 23.0 Å². The highest BCUT2D eigenvalue weighted by atomic mass is 35.5. The number of hydrogen-bond donors (Lipinski definition) is 1. The lowest BCUT2D eigenvalue weighted by Crippen LogP contribution is -2.00. The smallest absolute Gasteiger partial charge is 0.317 e. The van der Waals surface area contributed by atoms with Crippen LogP contribution in [0.4, 0.5) is 11.5 Å². The molecule has 18 heavy (non-hydrogen) atoms. The van der Waals surface area contributed by atoms with E-state index in [1.807, 2.05) is 0 Å². The van der Waals surface area contributed by atoms with Crippen LogP contribution in [0.15, 0.2) is 6.07 Å². The third-order valence-corrected chi connectivity index (χ3v) is 2.15. The first-order valence-corrected chi connectivity index (χ1v) is 4.99. The van der Waals surface area contributed by atoms with Gasteiger partial charge < -0.3 is 10.5 Å². The van der Waals surface area contributed by atoms with Gasteiger partial charge in [-0.05, 0) is 0 Å². The monoisotopic (exact) mass is 269 g/mol. The number of esters is 1.